The van der Waals surface area contributed by atoms with Crippen molar-refractivity contribution in [3.63, 3.8) is 0 Å². The van der Waals surface area contributed by atoms with Crippen LogP contribution < -0.4 is 25.1 Å². The van der Waals surface area contributed by atoms with E-state index < -0.39 is 11.6 Å². The number of benzene rings is 4. The molecule has 1 N–H and O–H groups in total. The number of carbonyl (C=O) groups excluding carboxylic acids is 1. The maximum atomic E-state index is 14.5. The van der Waals surface area contributed by atoms with E-state index in [1.165, 1.54) is 16.7 Å². The summed E-state index contributed by atoms with van der Waals surface area (Å²) in [6.45, 7) is 2.42. The molecule has 1 aromatic heterocycles. The van der Waals surface area contributed by atoms with Gasteiger partial charge in [-0.2, -0.15) is 0 Å². The predicted octanol–water partition coefficient (Wildman–Crippen LogP) is 7.35. The third kappa shape index (κ3) is 7.08. The fourth-order valence-electron chi connectivity index (χ4n) is 4.31. The van der Waals surface area contributed by atoms with Gasteiger partial charge in [-0.25, -0.2) is 8.78 Å². The van der Waals surface area contributed by atoms with Gasteiger partial charge in [0, 0.05) is 47.8 Å². The molecule has 4 aromatic carbocycles. The summed E-state index contributed by atoms with van der Waals surface area (Å²) in [6, 6.07) is 25.6. The van der Waals surface area contributed by atoms with Crippen LogP contribution in [-0.4, -0.2) is 17.1 Å². The van der Waals surface area contributed by atoms with E-state index in [1.807, 2.05) is 42.5 Å². The number of halogens is 2. The highest BCUT2D eigenvalue weighted by molar-refractivity contribution is 6.04. The van der Waals surface area contributed by atoms with Crippen LogP contribution in [0.3, 0.4) is 0 Å². The van der Waals surface area contributed by atoms with E-state index in [0.29, 0.717) is 29.0 Å². The molecule has 218 valence electrons. The molecular weight excluding hydrogens is 554 g/mol. The fourth-order valence-corrected chi connectivity index (χ4v) is 4.31. The van der Waals surface area contributed by atoms with E-state index in [1.54, 1.807) is 50.5 Å². The molecule has 0 spiro atoms. The van der Waals surface area contributed by atoms with Gasteiger partial charge in [0.2, 0.25) is 0 Å². The second-order valence-corrected chi connectivity index (χ2v) is 9.57. The van der Waals surface area contributed by atoms with Crippen molar-refractivity contribution in [1.82, 2.24) is 4.57 Å². The normalized spacial score (nSPS) is 10.7. The molecule has 7 nitrogen and oxygen atoms in total. The van der Waals surface area contributed by atoms with Crippen LogP contribution in [0.4, 0.5) is 14.5 Å². The lowest BCUT2D eigenvalue weighted by Crippen LogP contribution is -2.16. The molecule has 5 rings (SSSR count). The first kappa shape index (κ1) is 29.1. The van der Waals surface area contributed by atoms with Gasteiger partial charge in [0.05, 0.1) is 6.61 Å². The zero-order valence-electron chi connectivity index (χ0n) is 23.5. The highest BCUT2D eigenvalue weighted by atomic mass is 19.1. The lowest BCUT2D eigenvalue weighted by molar-refractivity contribution is 0.102. The fraction of sp³-hybridized carbons (Fsp3) is 0.118. The first-order valence-electron chi connectivity index (χ1n) is 13.5. The van der Waals surface area contributed by atoms with Crippen LogP contribution in [0.15, 0.2) is 108 Å². The number of carbonyl (C=O) groups is 1. The number of para-hydroxylation sites is 1. The molecule has 0 bridgehead atoms. The molecule has 5 aromatic rings. The number of pyridine rings is 1. The Kier molecular flexibility index (Phi) is 8.81. The maximum absolute atomic E-state index is 14.5. The van der Waals surface area contributed by atoms with Crippen molar-refractivity contribution in [3.05, 3.63) is 136 Å². The summed E-state index contributed by atoms with van der Waals surface area (Å²) in [5, 5.41) is 2.87. The largest absolute Gasteiger partial charge is 0.493 e. The monoisotopic (exact) mass is 582 g/mol. The van der Waals surface area contributed by atoms with Crippen LogP contribution >= 0.6 is 0 Å². The topological polar surface area (TPSA) is 78.8 Å². The lowest BCUT2D eigenvalue weighted by atomic mass is 10.0. The Morgan fingerprint density at radius 1 is 0.814 bits per heavy atom. The lowest BCUT2D eigenvalue weighted by Gasteiger charge is -2.17. The van der Waals surface area contributed by atoms with Gasteiger partial charge in [0.25, 0.3) is 11.5 Å². The zero-order valence-corrected chi connectivity index (χ0v) is 23.5. The number of hydrogen-bond acceptors (Lipinski definition) is 5. The molecule has 0 aliphatic heterocycles. The standard InChI is InChI=1S/C34H28F2N2O5/c1-3-41-32-19-33(39)38(2)20-28(32)27-18-25(14-16-30(27)43-31-15-13-24(35)17-29(31)36)37-34(40)23-11-9-22(10-12-23)21-42-26-7-5-4-6-8-26/h4-20H,3,21H2,1-2H3,(H,37,40). The van der Waals surface area contributed by atoms with Crippen molar-refractivity contribution in [1.29, 1.82) is 0 Å². The number of aromatic nitrogens is 1. The molecule has 0 radical (unpaired) electrons. The minimum Gasteiger partial charge on any atom is -0.493 e. The van der Waals surface area contributed by atoms with Crippen LogP contribution in [0.1, 0.15) is 22.8 Å². The quantitative estimate of drug-likeness (QED) is 0.186. The van der Waals surface area contributed by atoms with E-state index in [2.05, 4.69) is 5.32 Å². The summed E-state index contributed by atoms with van der Waals surface area (Å²) in [4.78, 5) is 25.5. The Morgan fingerprint density at radius 2 is 1.56 bits per heavy atom. The van der Waals surface area contributed by atoms with Crippen molar-refractivity contribution in [2.75, 3.05) is 11.9 Å². The molecule has 0 fully saturated rings. The molecule has 1 heterocycles. The average molecular weight is 583 g/mol. The second-order valence-electron chi connectivity index (χ2n) is 9.57. The maximum Gasteiger partial charge on any atom is 0.255 e. The Bertz CT molecular complexity index is 1810. The van der Waals surface area contributed by atoms with Crippen LogP contribution in [-0.2, 0) is 13.7 Å². The van der Waals surface area contributed by atoms with Crippen LogP contribution in [0, 0.1) is 11.6 Å². The summed E-state index contributed by atoms with van der Waals surface area (Å²) in [6.07, 6.45) is 1.57. The molecule has 0 aliphatic rings. The Hall–Kier alpha value is -5.44. The Labute approximate surface area is 246 Å². The highest BCUT2D eigenvalue weighted by Crippen LogP contribution is 2.40. The number of rotatable bonds is 10. The smallest absolute Gasteiger partial charge is 0.255 e. The van der Waals surface area contributed by atoms with E-state index in [0.717, 1.165) is 23.4 Å². The van der Waals surface area contributed by atoms with Gasteiger partial charge in [0.1, 0.15) is 29.7 Å². The molecular formula is C34H28F2N2O5. The van der Waals surface area contributed by atoms with E-state index >= 15 is 0 Å². The van der Waals surface area contributed by atoms with Gasteiger partial charge in [-0.3, -0.25) is 9.59 Å². The second kappa shape index (κ2) is 13.0. The minimum atomic E-state index is -0.883. The zero-order chi connectivity index (χ0) is 30.3. The number of nitrogens with zero attached hydrogens (tertiary/aromatic N) is 1. The number of hydrogen-bond donors (Lipinski definition) is 1. The van der Waals surface area contributed by atoms with Gasteiger partial charge in [0.15, 0.2) is 11.6 Å². The Balaban J connectivity index is 1.43. The van der Waals surface area contributed by atoms with Crippen LogP contribution in [0.25, 0.3) is 11.1 Å². The molecule has 43 heavy (non-hydrogen) atoms. The first-order chi connectivity index (χ1) is 20.8. The van der Waals surface area contributed by atoms with Gasteiger partial charge in [-0.05, 0) is 67.1 Å². The molecule has 0 aliphatic carbocycles. The van der Waals surface area contributed by atoms with Crippen molar-refractivity contribution in [3.8, 4) is 34.1 Å². The number of nitrogens with one attached hydrogen (secondary N) is 1. The predicted molar refractivity (Wildman–Crippen MR) is 160 cm³/mol. The number of amides is 1. The average Bonchev–Trinajstić information content (AvgIpc) is 3.01. The van der Waals surface area contributed by atoms with Crippen molar-refractivity contribution < 1.29 is 27.8 Å². The van der Waals surface area contributed by atoms with E-state index in [9.17, 15) is 18.4 Å². The van der Waals surface area contributed by atoms with Gasteiger partial charge in [-0.1, -0.05) is 30.3 Å². The number of anilines is 1. The summed E-state index contributed by atoms with van der Waals surface area (Å²) < 4.78 is 46.7. The number of ether oxygens (including phenoxy) is 3. The molecule has 0 atom stereocenters. The van der Waals surface area contributed by atoms with E-state index in [-0.39, 0.29) is 35.3 Å². The van der Waals surface area contributed by atoms with Crippen LogP contribution in [0.5, 0.6) is 23.0 Å². The summed E-state index contributed by atoms with van der Waals surface area (Å²) >= 11 is 0. The van der Waals surface area contributed by atoms with Crippen molar-refractivity contribution in [2.45, 2.75) is 13.5 Å². The SMILES string of the molecule is CCOc1cc(=O)n(C)cc1-c1cc(NC(=O)c2ccc(COc3ccccc3)cc2)ccc1Oc1ccc(F)cc1F. The highest BCUT2D eigenvalue weighted by Gasteiger charge is 2.18. The molecule has 0 unspecified atom stereocenters. The van der Waals surface area contributed by atoms with Crippen molar-refractivity contribution in [2.24, 2.45) is 7.05 Å². The number of aryl methyl sites for hydroxylation is 1. The minimum absolute atomic E-state index is 0.196. The van der Waals surface area contributed by atoms with Gasteiger partial charge in [-0.15, -0.1) is 0 Å². The van der Waals surface area contributed by atoms with Gasteiger partial charge >= 0.3 is 0 Å². The molecule has 0 saturated carbocycles. The first-order valence-corrected chi connectivity index (χ1v) is 13.5. The van der Waals surface area contributed by atoms with Crippen LogP contribution in [0.2, 0.25) is 0 Å². The molecule has 0 saturated heterocycles. The Morgan fingerprint density at radius 3 is 2.28 bits per heavy atom. The summed E-state index contributed by atoms with van der Waals surface area (Å²) in [5.74, 6) is -0.940. The third-order valence-corrected chi connectivity index (χ3v) is 6.50. The van der Waals surface area contributed by atoms with Gasteiger partial charge < -0.3 is 24.1 Å². The third-order valence-electron chi connectivity index (χ3n) is 6.50. The summed E-state index contributed by atoms with van der Waals surface area (Å²) in [7, 11) is 1.59. The summed E-state index contributed by atoms with van der Waals surface area (Å²) in [5.41, 5.74) is 2.33. The van der Waals surface area contributed by atoms with Crippen molar-refractivity contribution >= 4 is 11.6 Å². The van der Waals surface area contributed by atoms with E-state index in [4.69, 9.17) is 14.2 Å². The molecule has 1 amide bonds. The molecule has 9 heteroatoms.